The number of rotatable bonds is 15. The summed E-state index contributed by atoms with van der Waals surface area (Å²) in [5.74, 6) is 1.78. The Balaban J connectivity index is 0.000000172. The summed E-state index contributed by atoms with van der Waals surface area (Å²) in [6.45, 7) is 12.6. The van der Waals surface area contributed by atoms with Crippen LogP contribution in [0.25, 0.3) is 0 Å². The zero-order valence-electron chi connectivity index (χ0n) is 58.8. The summed E-state index contributed by atoms with van der Waals surface area (Å²) in [5, 5.41) is 32.8. The van der Waals surface area contributed by atoms with Crippen LogP contribution in [0.15, 0.2) is 91.0 Å². The molecule has 14 nitrogen and oxygen atoms in total. The maximum absolute atomic E-state index is 13.0. The van der Waals surface area contributed by atoms with Gasteiger partial charge >= 0.3 is 29.6 Å². The van der Waals surface area contributed by atoms with Crippen LogP contribution in [0.2, 0.25) is 30.1 Å². The van der Waals surface area contributed by atoms with Crippen molar-refractivity contribution in [2.75, 3.05) is 118 Å². The van der Waals surface area contributed by atoms with Crippen LogP contribution in [0, 0.1) is 0 Å². The molecule has 0 bridgehead atoms. The number of carbonyl (C=O) groups is 4. The van der Waals surface area contributed by atoms with E-state index in [1.165, 1.54) is 33.4 Å². The molecule has 3 N–H and O–H groups in total. The number of benzene rings is 6. The maximum atomic E-state index is 13.0. The molecule has 0 saturated carbocycles. The second-order valence-electron chi connectivity index (χ2n) is 27.7. The number of aliphatic hydroxyl groups excluding tert-OH is 3. The van der Waals surface area contributed by atoms with Gasteiger partial charge in [0.15, 0.2) is 5.78 Å². The van der Waals surface area contributed by atoms with Gasteiger partial charge in [-0.3, -0.25) is 24.1 Å². The van der Waals surface area contributed by atoms with Crippen molar-refractivity contribution in [3.8, 4) is 0 Å². The third kappa shape index (κ3) is 18.0. The fourth-order valence-corrected chi connectivity index (χ4v) is 17.8. The van der Waals surface area contributed by atoms with Crippen molar-refractivity contribution in [3.05, 3.63) is 182 Å². The number of Topliss-reactive ketones (excluding diaryl/α,β-unsaturated/α-hetero) is 1. The molecule has 9 aliphatic rings. The smallest absolute Gasteiger partial charge is 1.00 e. The average Bonchev–Trinajstić information content (AvgIpc) is 0.776. The van der Waals surface area contributed by atoms with E-state index in [0.717, 1.165) is 239 Å². The quantitative estimate of drug-likeness (QED) is 0.0666. The van der Waals surface area contributed by atoms with E-state index in [9.17, 15) is 29.4 Å². The van der Waals surface area contributed by atoms with Crippen LogP contribution < -0.4 is 49.2 Å². The van der Waals surface area contributed by atoms with Crippen LogP contribution in [-0.2, 0) is 52.9 Å². The Labute approximate surface area is 645 Å². The van der Waals surface area contributed by atoms with Gasteiger partial charge in [0, 0.05) is 112 Å². The van der Waals surface area contributed by atoms with Gasteiger partial charge in [0.1, 0.15) is 0 Å². The van der Waals surface area contributed by atoms with Crippen LogP contribution in [0.1, 0.15) is 175 Å². The normalized spacial score (nSPS) is 19.0. The molecule has 6 aromatic rings. The fourth-order valence-electron chi connectivity index (χ4n) is 16.5. The first kappa shape index (κ1) is 78.4. The first-order valence-corrected chi connectivity index (χ1v) is 37.8. The van der Waals surface area contributed by atoms with E-state index in [0.29, 0.717) is 74.1 Å². The van der Waals surface area contributed by atoms with Gasteiger partial charge in [-0.1, -0.05) is 124 Å². The molecule has 3 amide bonds. The Morgan fingerprint density at radius 2 is 0.800 bits per heavy atom. The van der Waals surface area contributed by atoms with E-state index in [1.807, 2.05) is 69.3 Å². The predicted octanol–water partition coefficient (Wildman–Crippen LogP) is 12.0. The number of nitrogens with zero attached hydrogens (tertiary/aromatic N) is 7. The third-order valence-electron chi connectivity index (χ3n) is 21.7. The molecular formula is C78H92BCl6N7NaO7. The van der Waals surface area contributed by atoms with Gasteiger partial charge in [-0.2, -0.15) is 0 Å². The van der Waals surface area contributed by atoms with Crippen molar-refractivity contribution < 1.29 is 65.5 Å². The number of amides is 3. The molecule has 0 spiro atoms. The van der Waals surface area contributed by atoms with Crippen LogP contribution >= 0.6 is 69.6 Å². The van der Waals surface area contributed by atoms with Crippen LogP contribution in [0.5, 0.6) is 0 Å². The van der Waals surface area contributed by atoms with Gasteiger partial charge in [-0.15, -0.1) is 0 Å². The molecule has 100 heavy (non-hydrogen) atoms. The molecule has 527 valence electrons. The molecule has 0 aliphatic carbocycles. The van der Waals surface area contributed by atoms with E-state index in [4.69, 9.17) is 74.7 Å². The van der Waals surface area contributed by atoms with Gasteiger partial charge < -0.3 is 46.1 Å². The number of piperidine rings is 2. The zero-order chi connectivity index (χ0) is 68.7. The predicted molar refractivity (Wildman–Crippen MR) is 404 cm³/mol. The maximum Gasteiger partial charge on any atom is 1.00 e. The molecule has 3 radical (unpaired) electrons. The second kappa shape index (κ2) is 36.2. The number of halogens is 6. The summed E-state index contributed by atoms with van der Waals surface area (Å²) in [6.07, 6.45) is 15.1. The summed E-state index contributed by atoms with van der Waals surface area (Å²) in [5.41, 5.74) is 16.7. The summed E-state index contributed by atoms with van der Waals surface area (Å²) < 4.78 is 0. The number of hydrogen-bond donors (Lipinski definition) is 3. The van der Waals surface area contributed by atoms with E-state index < -0.39 is 12.2 Å². The monoisotopic (exact) mass is 1480 g/mol. The number of anilines is 4. The molecule has 9 aliphatic heterocycles. The fraction of sp³-hybridized carbons (Fsp3) is 0.487. The van der Waals surface area contributed by atoms with Crippen molar-refractivity contribution in [3.63, 3.8) is 0 Å². The van der Waals surface area contributed by atoms with E-state index in [1.54, 1.807) is 0 Å². The van der Waals surface area contributed by atoms with Crippen molar-refractivity contribution in [1.82, 2.24) is 14.7 Å². The standard InChI is InChI=1S/C26H30Cl2N2O2.C26H28Cl2N2O2.C25H29Cl2N3O2.CH4O.B.Na.H/c2*27-22-5-1-4-21(25(22)28)17-8-12-29(13-9-17)14-10-23(31)20-15-18-3-2-11-30-24(32)7-6-19(16-20)26(18)30;26-20-4-1-5-21(24(20)27)29-13-11-28(12-14-29)10-8-22(31)19-15-17-3-2-9-30-23(32)7-6-18(16-19)25(17)30;1-2;;;/h1,4-5,15-17,23,31H,2-3,6-14H2;1,4-5,15-17H,2-3,6-14H2;1,4-5,15-16,22,31H,2-3,6-14H2;2H,1H3;;;/q;;;;;+1;-1. The first-order valence-electron chi connectivity index (χ1n) is 35.5. The second-order valence-corrected chi connectivity index (χ2v) is 30.0. The molecular weight excluding hydrogens is 1390 g/mol. The van der Waals surface area contributed by atoms with E-state index in [-0.39, 0.29) is 62.9 Å². The van der Waals surface area contributed by atoms with E-state index in [2.05, 4.69) is 56.0 Å². The molecule has 22 heteroatoms. The number of aliphatic hydroxyl groups is 3. The SMILES string of the molecule is CO.O=C(CCN1CCC(c2cccc(Cl)c2Cl)CC1)c1cc2c3c(c1)CCC(=O)N3CCC2.O=C1CCc2cc(C(O)CCN3CCC(c4cccc(Cl)c4Cl)CC3)cc3c2N1CCC3.O=C1CCc2cc(C(O)CCN3CCN(c4cccc(Cl)c4Cl)CC3)cc3c2N1CCC3.[B].[H-].[Na+]. The molecule has 2 unspecified atom stereocenters. The number of likely N-dealkylation sites (tertiary alicyclic amines) is 2. The molecule has 3 saturated heterocycles. The summed E-state index contributed by atoms with van der Waals surface area (Å²) in [4.78, 5) is 65.2. The number of ketones is 1. The van der Waals surface area contributed by atoms with Crippen molar-refractivity contribution in [1.29, 1.82) is 0 Å². The number of carbonyl (C=O) groups excluding carboxylic acids is 4. The minimum Gasteiger partial charge on any atom is -1.00 e. The number of piperazine rings is 1. The van der Waals surface area contributed by atoms with Crippen LogP contribution in [0.4, 0.5) is 22.7 Å². The number of aryl methyl sites for hydroxylation is 6. The molecule has 15 rings (SSSR count). The Bertz CT molecular complexity index is 3700. The molecule has 2 atom stereocenters. The van der Waals surface area contributed by atoms with Crippen molar-refractivity contribution in [2.24, 2.45) is 0 Å². The van der Waals surface area contributed by atoms with Crippen molar-refractivity contribution >= 4 is 124 Å². The Hall–Kier alpha value is -4.24. The topological polar surface area (TPSA) is 152 Å². The Kier molecular flexibility index (Phi) is 28.3. The largest absolute Gasteiger partial charge is 1.00 e. The van der Waals surface area contributed by atoms with Crippen molar-refractivity contribution in [2.45, 2.75) is 146 Å². The van der Waals surface area contributed by atoms with Gasteiger partial charge in [-0.25, -0.2) is 0 Å². The third-order valence-corrected chi connectivity index (χ3v) is 24.2. The van der Waals surface area contributed by atoms with Gasteiger partial charge in [0.2, 0.25) is 17.7 Å². The van der Waals surface area contributed by atoms with E-state index >= 15 is 0 Å². The molecule has 9 heterocycles. The van der Waals surface area contributed by atoms with Gasteiger partial charge in [0.05, 0.1) is 65.1 Å². The number of hydrogen-bond acceptors (Lipinski definition) is 11. The first-order chi connectivity index (χ1) is 47.5. The minimum absolute atomic E-state index is 0. The van der Waals surface area contributed by atoms with Gasteiger partial charge in [-0.05, 0) is 226 Å². The molecule has 0 aromatic heterocycles. The Morgan fingerprint density at radius 1 is 0.450 bits per heavy atom. The average molecular weight is 1490 g/mol. The molecule has 3 fully saturated rings. The summed E-state index contributed by atoms with van der Waals surface area (Å²) in [6, 6.07) is 30.2. The van der Waals surface area contributed by atoms with Gasteiger partial charge in [0.25, 0.3) is 0 Å². The minimum atomic E-state index is -0.482. The molecule has 6 aromatic carbocycles. The summed E-state index contributed by atoms with van der Waals surface area (Å²) >= 11 is 37.8. The summed E-state index contributed by atoms with van der Waals surface area (Å²) in [7, 11) is 1.00. The Morgan fingerprint density at radius 3 is 1.22 bits per heavy atom. The van der Waals surface area contributed by atoms with Crippen LogP contribution in [0.3, 0.4) is 0 Å². The van der Waals surface area contributed by atoms with Crippen LogP contribution in [-0.4, -0.2) is 161 Å². The zero-order valence-corrected chi connectivity index (χ0v) is 64.3.